The lowest BCUT2D eigenvalue weighted by atomic mass is 10.0. The van der Waals surface area contributed by atoms with Gasteiger partial charge in [0.2, 0.25) is 0 Å². The molecule has 0 fully saturated rings. The van der Waals surface area contributed by atoms with E-state index in [-0.39, 0.29) is 7.43 Å². The fourth-order valence-electron chi connectivity index (χ4n) is 2.29. The average Bonchev–Trinajstić information content (AvgIpc) is 2.63. The fraction of sp³-hybridized carbons (Fsp3) is 0.150. The van der Waals surface area contributed by atoms with E-state index < -0.39 is 0 Å². The van der Waals surface area contributed by atoms with Crippen LogP contribution in [0.4, 0.5) is 0 Å². The standard InChI is InChI=1S/C14H12N2.C5H4BrN.CH4/c1-2-6-12-11(5-1)8-9-14(16-12)13-7-3-4-10-15-13;6-5-3-1-2-4-7-5;/h1,3-5,7-10H,2,6H2;1-4H;1H4. The summed E-state index contributed by atoms with van der Waals surface area (Å²) in [6.45, 7) is 0. The molecular weight excluding hydrogens is 362 g/mol. The summed E-state index contributed by atoms with van der Waals surface area (Å²) in [5, 5.41) is 0. The van der Waals surface area contributed by atoms with Gasteiger partial charge in [-0.15, -0.1) is 0 Å². The molecule has 3 nitrogen and oxygen atoms in total. The highest BCUT2D eigenvalue weighted by atomic mass is 79.9. The average molecular weight is 382 g/mol. The molecule has 0 aliphatic heterocycles. The molecule has 0 saturated heterocycles. The lowest BCUT2D eigenvalue weighted by Crippen LogP contribution is -1.99. The van der Waals surface area contributed by atoms with Gasteiger partial charge in [0.15, 0.2) is 0 Å². The zero-order valence-electron chi connectivity index (χ0n) is 12.6. The van der Waals surface area contributed by atoms with E-state index in [4.69, 9.17) is 0 Å². The highest BCUT2D eigenvalue weighted by molar-refractivity contribution is 9.10. The van der Waals surface area contributed by atoms with Crippen molar-refractivity contribution in [2.45, 2.75) is 20.3 Å². The molecule has 24 heavy (non-hydrogen) atoms. The van der Waals surface area contributed by atoms with Gasteiger partial charge in [0, 0.05) is 18.1 Å². The predicted octanol–water partition coefficient (Wildman–Crippen LogP) is 5.58. The molecule has 0 saturated carbocycles. The Morgan fingerprint density at radius 2 is 1.62 bits per heavy atom. The number of hydrogen-bond acceptors (Lipinski definition) is 3. The maximum atomic E-state index is 4.67. The van der Waals surface area contributed by atoms with E-state index in [1.165, 1.54) is 11.3 Å². The van der Waals surface area contributed by atoms with Crippen molar-refractivity contribution in [2.24, 2.45) is 0 Å². The molecule has 0 atom stereocenters. The van der Waals surface area contributed by atoms with Crippen molar-refractivity contribution in [1.82, 2.24) is 15.0 Å². The van der Waals surface area contributed by atoms with Gasteiger partial charge in [0.1, 0.15) is 4.60 Å². The largest absolute Gasteiger partial charge is 0.255 e. The highest BCUT2D eigenvalue weighted by Crippen LogP contribution is 2.21. The van der Waals surface area contributed by atoms with E-state index in [1.807, 2.05) is 42.5 Å². The van der Waals surface area contributed by atoms with Crippen LogP contribution < -0.4 is 0 Å². The number of pyridine rings is 3. The minimum Gasteiger partial charge on any atom is -0.255 e. The van der Waals surface area contributed by atoms with Crippen LogP contribution in [0.25, 0.3) is 17.5 Å². The summed E-state index contributed by atoms with van der Waals surface area (Å²) in [5.41, 5.74) is 4.34. The molecule has 4 heteroatoms. The lowest BCUT2D eigenvalue weighted by Gasteiger charge is -2.10. The molecule has 122 valence electrons. The van der Waals surface area contributed by atoms with Gasteiger partial charge in [-0.05, 0) is 64.7 Å². The molecule has 0 bridgehead atoms. The van der Waals surface area contributed by atoms with Crippen molar-refractivity contribution in [3.63, 3.8) is 0 Å². The number of aryl methyl sites for hydroxylation is 1. The second-order valence-electron chi connectivity index (χ2n) is 5.04. The molecule has 0 N–H and O–H groups in total. The smallest absolute Gasteiger partial charge is 0.106 e. The van der Waals surface area contributed by atoms with Crippen LogP contribution >= 0.6 is 15.9 Å². The van der Waals surface area contributed by atoms with E-state index in [1.54, 1.807) is 12.4 Å². The van der Waals surface area contributed by atoms with Crippen molar-refractivity contribution in [3.05, 3.63) is 82.9 Å². The maximum absolute atomic E-state index is 4.67. The monoisotopic (exact) mass is 381 g/mol. The van der Waals surface area contributed by atoms with Crippen molar-refractivity contribution in [1.29, 1.82) is 0 Å². The molecule has 0 radical (unpaired) electrons. The number of nitrogens with zero attached hydrogens (tertiary/aromatic N) is 3. The number of halogens is 1. The van der Waals surface area contributed by atoms with Gasteiger partial charge in [-0.1, -0.05) is 37.8 Å². The summed E-state index contributed by atoms with van der Waals surface area (Å²) < 4.78 is 0.884. The van der Waals surface area contributed by atoms with Gasteiger partial charge in [-0.25, -0.2) is 4.98 Å². The van der Waals surface area contributed by atoms with E-state index in [0.717, 1.165) is 28.8 Å². The van der Waals surface area contributed by atoms with Crippen molar-refractivity contribution < 1.29 is 0 Å². The second-order valence-corrected chi connectivity index (χ2v) is 5.85. The Labute approximate surface area is 151 Å². The summed E-state index contributed by atoms with van der Waals surface area (Å²) in [5.74, 6) is 0. The van der Waals surface area contributed by atoms with Gasteiger partial charge in [0.05, 0.1) is 11.4 Å². The van der Waals surface area contributed by atoms with Crippen molar-refractivity contribution >= 4 is 22.0 Å². The second kappa shape index (κ2) is 9.08. The molecule has 3 aromatic rings. The first-order valence-corrected chi connectivity index (χ1v) is 8.26. The first kappa shape index (κ1) is 18.0. The zero-order valence-corrected chi connectivity index (χ0v) is 14.1. The molecule has 1 aliphatic rings. The van der Waals surface area contributed by atoms with Crippen LogP contribution in [-0.2, 0) is 6.42 Å². The number of rotatable bonds is 1. The third kappa shape index (κ3) is 4.83. The van der Waals surface area contributed by atoms with E-state index in [0.29, 0.717) is 0 Å². The molecule has 0 spiro atoms. The van der Waals surface area contributed by atoms with Crippen LogP contribution in [0.3, 0.4) is 0 Å². The van der Waals surface area contributed by atoms with Gasteiger partial charge in [0.25, 0.3) is 0 Å². The third-order valence-corrected chi connectivity index (χ3v) is 3.88. The Morgan fingerprint density at radius 3 is 2.25 bits per heavy atom. The van der Waals surface area contributed by atoms with Crippen LogP contribution in [-0.4, -0.2) is 15.0 Å². The Kier molecular flexibility index (Phi) is 6.82. The van der Waals surface area contributed by atoms with Crippen LogP contribution in [0.2, 0.25) is 0 Å². The molecule has 3 aromatic heterocycles. The van der Waals surface area contributed by atoms with Crippen LogP contribution in [0.15, 0.2) is 71.6 Å². The quantitative estimate of drug-likeness (QED) is 0.516. The minimum absolute atomic E-state index is 0. The minimum atomic E-state index is 0. The predicted molar refractivity (Wildman–Crippen MR) is 103 cm³/mol. The van der Waals surface area contributed by atoms with E-state index in [2.05, 4.69) is 49.1 Å². The molecule has 4 rings (SSSR count). The zero-order chi connectivity index (χ0) is 15.9. The summed E-state index contributed by atoms with van der Waals surface area (Å²) in [6.07, 6.45) is 10.0. The molecule has 0 aromatic carbocycles. The first-order chi connectivity index (χ1) is 11.3. The normalized spacial score (nSPS) is 11.5. The summed E-state index contributed by atoms with van der Waals surface area (Å²) in [4.78, 5) is 12.9. The van der Waals surface area contributed by atoms with E-state index in [9.17, 15) is 0 Å². The Bertz CT molecular complexity index is 786. The first-order valence-electron chi connectivity index (χ1n) is 7.47. The fourth-order valence-corrected chi connectivity index (χ4v) is 2.56. The number of fused-ring (bicyclic) bond motifs is 1. The summed E-state index contributed by atoms with van der Waals surface area (Å²) in [7, 11) is 0. The van der Waals surface area contributed by atoms with Crippen LogP contribution in [0.5, 0.6) is 0 Å². The highest BCUT2D eigenvalue weighted by Gasteiger charge is 2.08. The van der Waals surface area contributed by atoms with Crippen LogP contribution in [0.1, 0.15) is 25.1 Å². The topological polar surface area (TPSA) is 38.7 Å². The van der Waals surface area contributed by atoms with Gasteiger partial charge < -0.3 is 0 Å². The van der Waals surface area contributed by atoms with Crippen LogP contribution in [0, 0.1) is 0 Å². The molecule has 3 heterocycles. The maximum Gasteiger partial charge on any atom is 0.106 e. The van der Waals surface area contributed by atoms with Gasteiger partial charge in [-0.3, -0.25) is 9.97 Å². The lowest BCUT2D eigenvalue weighted by molar-refractivity contribution is 0.928. The van der Waals surface area contributed by atoms with E-state index >= 15 is 0 Å². The van der Waals surface area contributed by atoms with Gasteiger partial charge in [-0.2, -0.15) is 0 Å². The SMILES string of the molecule is Brc1ccccn1.C.C1=Cc2ccc(-c3ccccn3)nc2CC1. The Hall–Kier alpha value is -2.33. The summed E-state index contributed by atoms with van der Waals surface area (Å²) >= 11 is 3.20. The molecule has 1 aliphatic carbocycles. The molecule has 0 unspecified atom stereocenters. The Morgan fingerprint density at radius 1 is 0.833 bits per heavy atom. The summed E-state index contributed by atoms with van der Waals surface area (Å²) in [6, 6.07) is 15.8. The molecule has 0 amide bonds. The number of aromatic nitrogens is 3. The number of allylic oxidation sites excluding steroid dienone is 1. The third-order valence-electron chi connectivity index (χ3n) is 3.41. The van der Waals surface area contributed by atoms with Gasteiger partial charge >= 0.3 is 0 Å². The van der Waals surface area contributed by atoms with Crippen molar-refractivity contribution in [3.8, 4) is 11.4 Å². The Balaban J connectivity index is 0.000000222. The number of hydrogen-bond donors (Lipinski definition) is 0. The molecular formula is C20H20BrN3. The van der Waals surface area contributed by atoms with Crippen molar-refractivity contribution in [2.75, 3.05) is 0 Å².